The number of carbonyl (C=O) groups excluding carboxylic acids is 1. The van der Waals surface area contributed by atoms with E-state index in [1.807, 2.05) is 36.1 Å². The van der Waals surface area contributed by atoms with E-state index < -0.39 is 0 Å². The van der Waals surface area contributed by atoms with E-state index in [0.717, 1.165) is 31.9 Å². The Bertz CT molecular complexity index is 673. The van der Waals surface area contributed by atoms with E-state index in [-0.39, 0.29) is 6.03 Å². The number of urea groups is 1. The third kappa shape index (κ3) is 3.65. The fourth-order valence-electron chi connectivity index (χ4n) is 2.91. The first-order chi connectivity index (χ1) is 11.1. The van der Waals surface area contributed by atoms with Gasteiger partial charge in [-0.25, -0.2) is 4.79 Å². The lowest BCUT2D eigenvalue weighted by Crippen LogP contribution is -2.50. The second kappa shape index (κ2) is 6.73. The van der Waals surface area contributed by atoms with Crippen LogP contribution in [0.5, 0.6) is 0 Å². The quantitative estimate of drug-likeness (QED) is 0.919. The van der Waals surface area contributed by atoms with Gasteiger partial charge in [-0.15, -0.1) is 0 Å². The van der Waals surface area contributed by atoms with Gasteiger partial charge in [0.25, 0.3) is 0 Å². The van der Waals surface area contributed by atoms with Crippen LogP contribution in [-0.4, -0.2) is 37.1 Å². The first-order valence-corrected chi connectivity index (χ1v) is 8.06. The molecule has 0 atom stereocenters. The van der Waals surface area contributed by atoms with Gasteiger partial charge in [-0.2, -0.15) is 0 Å². The van der Waals surface area contributed by atoms with Crippen molar-refractivity contribution in [3.8, 4) is 0 Å². The molecular formula is C19H23N3O. The molecule has 2 aromatic carbocycles. The van der Waals surface area contributed by atoms with Crippen molar-refractivity contribution in [2.24, 2.45) is 0 Å². The largest absolute Gasteiger partial charge is 0.368 e. The molecule has 2 aromatic rings. The highest BCUT2D eigenvalue weighted by molar-refractivity contribution is 5.89. The van der Waals surface area contributed by atoms with Crippen molar-refractivity contribution in [2.45, 2.75) is 13.8 Å². The highest BCUT2D eigenvalue weighted by Crippen LogP contribution is 2.21. The molecule has 0 bridgehead atoms. The predicted molar refractivity (Wildman–Crippen MR) is 95.2 cm³/mol. The van der Waals surface area contributed by atoms with Crippen molar-refractivity contribution in [2.75, 3.05) is 36.4 Å². The third-order valence-corrected chi connectivity index (χ3v) is 4.33. The van der Waals surface area contributed by atoms with Gasteiger partial charge in [-0.3, -0.25) is 0 Å². The predicted octanol–water partition coefficient (Wildman–Crippen LogP) is 3.66. The van der Waals surface area contributed by atoms with E-state index in [0.29, 0.717) is 0 Å². The number of amides is 2. The Balaban J connectivity index is 1.57. The van der Waals surface area contributed by atoms with Crippen LogP contribution in [-0.2, 0) is 0 Å². The molecule has 1 fully saturated rings. The number of hydrogen-bond acceptors (Lipinski definition) is 2. The second-order valence-corrected chi connectivity index (χ2v) is 6.06. The maximum Gasteiger partial charge on any atom is 0.321 e. The van der Waals surface area contributed by atoms with Crippen molar-refractivity contribution in [3.05, 3.63) is 59.7 Å². The summed E-state index contributed by atoms with van der Waals surface area (Å²) in [4.78, 5) is 16.6. The van der Waals surface area contributed by atoms with Crippen LogP contribution in [0.1, 0.15) is 11.1 Å². The number of rotatable bonds is 2. The molecule has 3 rings (SSSR count). The number of hydrogen-bond donors (Lipinski definition) is 1. The standard InChI is InChI=1S/C19H23N3O/c1-15-7-9-17(10-8-15)20-19(23)22-13-11-21(12-14-22)18-6-4-3-5-16(18)2/h3-10H,11-14H2,1-2H3,(H,20,23). The van der Waals surface area contributed by atoms with Crippen LogP contribution in [0.3, 0.4) is 0 Å². The van der Waals surface area contributed by atoms with Crippen molar-refractivity contribution in [1.82, 2.24) is 4.90 Å². The van der Waals surface area contributed by atoms with E-state index in [9.17, 15) is 4.79 Å². The maximum absolute atomic E-state index is 12.4. The van der Waals surface area contributed by atoms with Gasteiger partial charge >= 0.3 is 6.03 Å². The van der Waals surface area contributed by atoms with Crippen LogP contribution in [0, 0.1) is 13.8 Å². The monoisotopic (exact) mass is 309 g/mol. The average molecular weight is 309 g/mol. The van der Waals surface area contributed by atoms with Gasteiger partial charge in [0.1, 0.15) is 0 Å². The zero-order valence-electron chi connectivity index (χ0n) is 13.7. The molecule has 120 valence electrons. The summed E-state index contributed by atoms with van der Waals surface area (Å²) in [5.74, 6) is 0. The molecule has 4 heteroatoms. The van der Waals surface area contributed by atoms with E-state index in [2.05, 4.69) is 41.4 Å². The molecule has 0 radical (unpaired) electrons. The summed E-state index contributed by atoms with van der Waals surface area (Å²) in [6.07, 6.45) is 0. The fourth-order valence-corrected chi connectivity index (χ4v) is 2.91. The molecule has 0 spiro atoms. The number of benzene rings is 2. The summed E-state index contributed by atoms with van der Waals surface area (Å²) in [6.45, 7) is 7.39. The summed E-state index contributed by atoms with van der Waals surface area (Å²) in [5.41, 5.74) is 4.59. The Morgan fingerprint density at radius 3 is 2.22 bits per heavy atom. The van der Waals surface area contributed by atoms with Gasteiger partial charge in [-0.1, -0.05) is 35.9 Å². The molecule has 1 heterocycles. The minimum atomic E-state index is -0.0155. The first-order valence-electron chi connectivity index (χ1n) is 8.06. The van der Waals surface area contributed by atoms with Gasteiger partial charge in [-0.05, 0) is 37.6 Å². The summed E-state index contributed by atoms with van der Waals surface area (Å²) >= 11 is 0. The summed E-state index contributed by atoms with van der Waals surface area (Å²) in [5, 5.41) is 2.97. The lowest BCUT2D eigenvalue weighted by Gasteiger charge is -2.36. The molecule has 1 saturated heterocycles. The van der Waals surface area contributed by atoms with Crippen molar-refractivity contribution >= 4 is 17.4 Å². The highest BCUT2D eigenvalue weighted by atomic mass is 16.2. The number of anilines is 2. The molecule has 1 N–H and O–H groups in total. The van der Waals surface area contributed by atoms with Crippen LogP contribution in [0.15, 0.2) is 48.5 Å². The number of nitrogens with one attached hydrogen (secondary N) is 1. The Morgan fingerprint density at radius 1 is 0.913 bits per heavy atom. The molecule has 2 amide bonds. The smallest absolute Gasteiger partial charge is 0.321 e. The Labute approximate surface area is 137 Å². The minimum Gasteiger partial charge on any atom is -0.368 e. The summed E-state index contributed by atoms with van der Waals surface area (Å²) in [7, 11) is 0. The van der Waals surface area contributed by atoms with Crippen LogP contribution in [0.25, 0.3) is 0 Å². The molecular weight excluding hydrogens is 286 g/mol. The molecule has 0 aliphatic carbocycles. The minimum absolute atomic E-state index is 0.0155. The van der Waals surface area contributed by atoms with Crippen LogP contribution in [0.4, 0.5) is 16.2 Å². The molecule has 0 aromatic heterocycles. The lowest BCUT2D eigenvalue weighted by atomic mass is 10.1. The normalized spacial score (nSPS) is 14.7. The van der Waals surface area contributed by atoms with Crippen molar-refractivity contribution < 1.29 is 4.79 Å². The zero-order chi connectivity index (χ0) is 16.2. The number of carbonyl (C=O) groups is 1. The van der Waals surface area contributed by atoms with E-state index in [1.165, 1.54) is 16.8 Å². The van der Waals surface area contributed by atoms with Gasteiger partial charge in [0.2, 0.25) is 0 Å². The SMILES string of the molecule is Cc1ccc(NC(=O)N2CCN(c3ccccc3C)CC2)cc1. The molecule has 1 aliphatic rings. The highest BCUT2D eigenvalue weighted by Gasteiger charge is 2.21. The van der Waals surface area contributed by atoms with Gasteiger partial charge < -0.3 is 15.1 Å². The van der Waals surface area contributed by atoms with Crippen molar-refractivity contribution in [1.29, 1.82) is 0 Å². The average Bonchev–Trinajstić information content (AvgIpc) is 2.57. The second-order valence-electron chi connectivity index (χ2n) is 6.06. The Morgan fingerprint density at radius 2 is 1.57 bits per heavy atom. The fraction of sp³-hybridized carbons (Fsp3) is 0.316. The van der Waals surface area contributed by atoms with Gasteiger partial charge in [0, 0.05) is 37.6 Å². The summed E-state index contributed by atoms with van der Waals surface area (Å²) in [6, 6.07) is 16.3. The maximum atomic E-state index is 12.4. The van der Waals surface area contributed by atoms with Crippen LogP contribution in [0.2, 0.25) is 0 Å². The molecule has 4 nitrogen and oxygen atoms in total. The molecule has 23 heavy (non-hydrogen) atoms. The number of piperazine rings is 1. The topological polar surface area (TPSA) is 35.6 Å². The Hall–Kier alpha value is -2.49. The number of aryl methyl sites for hydroxylation is 2. The zero-order valence-corrected chi connectivity index (χ0v) is 13.7. The molecule has 0 unspecified atom stereocenters. The number of para-hydroxylation sites is 1. The van der Waals surface area contributed by atoms with E-state index >= 15 is 0 Å². The Kier molecular flexibility index (Phi) is 4.51. The molecule has 0 saturated carbocycles. The first kappa shape index (κ1) is 15.4. The summed E-state index contributed by atoms with van der Waals surface area (Å²) < 4.78 is 0. The van der Waals surface area contributed by atoms with E-state index in [4.69, 9.17) is 0 Å². The van der Waals surface area contributed by atoms with Crippen LogP contribution < -0.4 is 10.2 Å². The third-order valence-electron chi connectivity index (χ3n) is 4.33. The van der Waals surface area contributed by atoms with Crippen molar-refractivity contribution in [3.63, 3.8) is 0 Å². The molecule has 1 aliphatic heterocycles. The van der Waals surface area contributed by atoms with Gasteiger partial charge in [0.05, 0.1) is 0 Å². The number of nitrogens with zero attached hydrogens (tertiary/aromatic N) is 2. The van der Waals surface area contributed by atoms with E-state index in [1.54, 1.807) is 0 Å². The lowest BCUT2D eigenvalue weighted by molar-refractivity contribution is 0.208. The van der Waals surface area contributed by atoms with Gasteiger partial charge in [0.15, 0.2) is 0 Å². The van der Waals surface area contributed by atoms with Crippen LogP contribution >= 0.6 is 0 Å².